The van der Waals surface area contributed by atoms with Crippen LogP contribution in [0.4, 0.5) is 17.3 Å². The molecule has 0 bridgehead atoms. The van der Waals surface area contributed by atoms with Crippen LogP contribution in [0.25, 0.3) is 11.2 Å². The molecule has 1 N–H and O–H groups in total. The number of hydrogen-bond acceptors (Lipinski definition) is 7. The third kappa shape index (κ3) is 4.17. The van der Waals surface area contributed by atoms with Gasteiger partial charge in [0.05, 0.1) is 19.0 Å². The first-order valence-corrected chi connectivity index (χ1v) is 11.9. The molecule has 0 radical (unpaired) electrons. The Kier molecular flexibility index (Phi) is 5.97. The number of likely N-dealkylation sites (N-methyl/N-ethyl adjacent to an activating group) is 1. The van der Waals surface area contributed by atoms with Crippen LogP contribution in [0.15, 0.2) is 29.2 Å². The smallest absolute Gasteiger partial charge is 0.330 e. The van der Waals surface area contributed by atoms with E-state index >= 15 is 0 Å². The van der Waals surface area contributed by atoms with E-state index in [0.29, 0.717) is 11.6 Å². The van der Waals surface area contributed by atoms with Crippen molar-refractivity contribution in [3.8, 4) is 5.75 Å². The second-order valence-corrected chi connectivity index (χ2v) is 9.21. The number of rotatable bonds is 5. The molecule has 33 heavy (non-hydrogen) atoms. The lowest BCUT2D eigenvalue weighted by Crippen LogP contribution is -2.28. The molecule has 1 aliphatic carbocycles. The minimum Gasteiger partial charge on any atom is -0.494 e. The molecule has 1 aromatic carbocycles. The molecule has 0 atom stereocenters. The summed E-state index contributed by atoms with van der Waals surface area (Å²) in [5.41, 5.74) is 3.39. The standard InChI is InChI=1S/C24H33N7O2/c1-28-11-6-12-30(14-13-28)18-9-10-19(21(15-18)33-3)26-23-25-16-20-22(27-23)31(24(32)29(20)2)17-7-4-5-8-17/h9-10,15-17H,4-8,11-14H2,1-3H3,(H,25,26,27). The van der Waals surface area contributed by atoms with Crippen molar-refractivity contribution in [2.45, 2.75) is 38.1 Å². The Balaban J connectivity index is 1.44. The molecule has 176 valence electrons. The Labute approximate surface area is 194 Å². The van der Waals surface area contributed by atoms with Crippen LogP contribution in [0, 0.1) is 0 Å². The van der Waals surface area contributed by atoms with Crippen LogP contribution < -0.4 is 20.6 Å². The Morgan fingerprint density at radius 2 is 1.88 bits per heavy atom. The fourth-order valence-electron chi connectivity index (χ4n) is 5.09. The van der Waals surface area contributed by atoms with Crippen molar-refractivity contribution in [2.24, 2.45) is 7.05 Å². The zero-order chi connectivity index (χ0) is 22.9. The Hall–Kier alpha value is -3.07. The van der Waals surface area contributed by atoms with E-state index in [4.69, 9.17) is 9.72 Å². The maximum absolute atomic E-state index is 12.9. The second-order valence-electron chi connectivity index (χ2n) is 9.21. The van der Waals surface area contributed by atoms with Gasteiger partial charge in [-0.25, -0.2) is 9.78 Å². The molecule has 0 amide bonds. The van der Waals surface area contributed by atoms with Crippen LogP contribution in [0.1, 0.15) is 38.1 Å². The van der Waals surface area contributed by atoms with Crippen molar-refractivity contribution >= 4 is 28.5 Å². The number of nitrogens with one attached hydrogen (secondary N) is 1. The Morgan fingerprint density at radius 1 is 1.06 bits per heavy atom. The van der Waals surface area contributed by atoms with Gasteiger partial charge in [0.25, 0.3) is 0 Å². The maximum Gasteiger partial charge on any atom is 0.330 e. The molecule has 1 saturated carbocycles. The Bertz CT molecular complexity index is 1200. The van der Waals surface area contributed by atoms with Gasteiger partial charge in [-0.05, 0) is 45.0 Å². The zero-order valence-electron chi connectivity index (χ0n) is 19.8. The van der Waals surface area contributed by atoms with E-state index in [2.05, 4.69) is 39.3 Å². The van der Waals surface area contributed by atoms with Gasteiger partial charge in [-0.1, -0.05) is 12.8 Å². The predicted octanol–water partition coefficient (Wildman–Crippen LogP) is 3.14. The number of aromatic nitrogens is 4. The molecule has 9 nitrogen and oxygen atoms in total. The summed E-state index contributed by atoms with van der Waals surface area (Å²) in [6.45, 7) is 4.21. The lowest BCUT2D eigenvalue weighted by molar-refractivity contribution is 0.360. The van der Waals surface area contributed by atoms with Gasteiger partial charge in [-0.2, -0.15) is 4.98 Å². The molecular formula is C24H33N7O2. The van der Waals surface area contributed by atoms with E-state index in [1.807, 2.05) is 10.6 Å². The fraction of sp³-hybridized carbons (Fsp3) is 0.542. The number of aryl methyl sites for hydroxylation is 1. The molecule has 1 aliphatic heterocycles. The number of fused-ring (bicyclic) bond motifs is 1. The quantitative estimate of drug-likeness (QED) is 0.638. The largest absolute Gasteiger partial charge is 0.494 e. The van der Waals surface area contributed by atoms with Gasteiger partial charge in [-0.15, -0.1) is 0 Å². The van der Waals surface area contributed by atoms with Gasteiger partial charge >= 0.3 is 5.69 Å². The first-order chi connectivity index (χ1) is 16.0. The van der Waals surface area contributed by atoms with Gasteiger partial charge in [0.2, 0.25) is 5.95 Å². The normalized spacial score (nSPS) is 18.1. The van der Waals surface area contributed by atoms with Crippen molar-refractivity contribution in [3.05, 3.63) is 34.9 Å². The monoisotopic (exact) mass is 451 g/mol. The van der Waals surface area contributed by atoms with Crippen molar-refractivity contribution in [2.75, 3.05) is 50.6 Å². The average Bonchev–Trinajstić information content (AvgIpc) is 3.36. The lowest BCUT2D eigenvalue weighted by atomic mass is 10.2. The summed E-state index contributed by atoms with van der Waals surface area (Å²) in [4.78, 5) is 26.9. The molecule has 9 heteroatoms. The molecule has 2 aliphatic rings. The van der Waals surface area contributed by atoms with E-state index in [-0.39, 0.29) is 11.7 Å². The van der Waals surface area contributed by atoms with Crippen LogP contribution in [0.5, 0.6) is 5.75 Å². The number of anilines is 3. The molecule has 0 spiro atoms. The number of nitrogens with zero attached hydrogens (tertiary/aromatic N) is 6. The van der Waals surface area contributed by atoms with E-state index in [9.17, 15) is 4.79 Å². The highest BCUT2D eigenvalue weighted by Crippen LogP contribution is 2.33. The summed E-state index contributed by atoms with van der Waals surface area (Å²) in [7, 11) is 5.64. The first kappa shape index (κ1) is 21.8. The van der Waals surface area contributed by atoms with Gasteiger partial charge in [0.15, 0.2) is 5.65 Å². The van der Waals surface area contributed by atoms with E-state index in [1.165, 1.54) is 0 Å². The van der Waals surface area contributed by atoms with E-state index in [1.54, 1.807) is 24.9 Å². The van der Waals surface area contributed by atoms with Crippen LogP contribution in [0.3, 0.4) is 0 Å². The summed E-state index contributed by atoms with van der Waals surface area (Å²) >= 11 is 0. The molecule has 3 aromatic rings. The Morgan fingerprint density at radius 3 is 2.67 bits per heavy atom. The molecule has 2 fully saturated rings. The second kappa shape index (κ2) is 9.05. The van der Waals surface area contributed by atoms with Crippen molar-refractivity contribution in [1.29, 1.82) is 0 Å². The summed E-state index contributed by atoms with van der Waals surface area (Å²) in [6, 6.07) is 6.42. The molecule has 3 heterocycles. The number of hydrogen-bond donors (Lipinski definition) is 1. The zero-order valence-corrected chi connectivity index (χ0v) is 19.8. The van der Waals surface area contributed by atoms with Gasteiger partial charge in [0.1, 0.15) is 11.3 Å². The summed E-state index contributed by atoms with van der Waals surface area (Å²) in [5, 5.41) is 3.31. The third-order valence-electron chi connectivity index (χ3n) is 7.04. The number of methoxy groups -OCH3 is 1. The number of benzene rings is 1. The molecule has 2 aromatic heterocycles. The topological polar surface area (TPSA) is 80.5 Å². The predicted molar refractivity (Wildman–Crippen MR) is 131 cm³/mol. The molecule has 0 unspecified atom stereocenters. The van der Waals surface area contributed by atoms with E-state index < -0.39 is 0 Å². The average molecular weight is 452 g/mol. The van der Waals surface area contributed by atoms with Gasteiger partial charge in [-0.3, -0.25) is 9.13 Å². The van der Waals surface area contributed by atoms with Crippen molar-refractivity contribution in [1.82, 2.24) is 24.0 Å². The SMILES string of the molecule is COc1cc(N2CCCN(C)CC2)ccc1Nc1ncc2c(n1)n(C1CCCC1)c(=O)n2C. The third-order valence-corrected chi connectivity index (χ3v) is 7.04. The highest BCUT2D eigenvalue weighted by atomic mass is 16.5. The minimum absolute atomic E-state index is 0.0200. The molecule has 5 rings (SSSR count). The van der Waals surface area contributed by atoms with Crippen molar-refractivity contribution in [3.63, 3.8) is 0 Å². The summed E-state index contributed by atoms with van der Waals surface area (Å²) in [5.74, 6) is 1.21. The highest BCUT2D eigenvalue weighted by molar-refractivity contribution is 5.74. The van der Waals surface area contributed by atoms with Gasteiger partial charge < -0.3 is 19.9 Å². The van der Waals surface area contributed by atoms with Crippen LogP contribution >= 0.6 is 0 Å². The lowest BCUT2D eigenvalue weighted by Gasteiger charge is -2.24. The van der Waals surface area contributed by atoms with Crippen molar-refractivity contribution < 1.29 is 4.74 Å². The number of ether oxygens (including phenoxy) is 1. The van der Waals surface area contributed by atoms with Crippen LogP contribution in [0.2, 0.25) is 0 Å². The fourth-order valence-corrected chi connectivity index (χ4v) is 5.09. The molecular weight excluding hydrogens is 418 g/mol. The van der Waals surface area contributed by atoms with Crippen LogP contribution in [-0.2, 0) is 7.05 Å². The first-order valence-electron chi connectivity index (χ1n) is 11.9. The number of imidazole rings is 1. The summed E-state index contributed by atoms with van der Waals surface area (Å²) < 4.78 is 9.20. The van der Waals surface area contributed by atoms with Crippen LogP contribution in [-0.4, -0.2) is 64.3 Å². The highest BCUT2D eigenvalue weighted by Gasteiger charge is 2.24. The minimum atomic E-state index is -0.0200. The summed E-state index contributed by atoms with van der Waals surface area (Å²) in [6.07, 6.45) is 7.22. The maximum atomic E-state index is 12.9. The van der Waals surface area contributed by atoms with E-state index in [0.717, 1.165) is 80.9 Å². The van der Waals surface area contributed by atoms with Gasteiger partial charge in [0, 0.05) is 44.5 Å². The molecule has 1 saturated heterocycles.